The van der Waals surface area contributed by atoms with Gasteiger partial charge in [0.25, 0.3) is 11.6 Å². The number of non-ortho nitro benzene ring substituents is 1. The second kappa shape index (κ2) is 9.02. The maximum Gasteiger partial charge on any atom is 0.328 e. The lowest BCUT2D eigenvalue weighted by Gasteiger charge is -2.13. The summed E-state index contributed by atoms with van der Waals surface area (Å²) in [7, 11) is 0. The molecule has 1 heterocycles. The lowest BCUT2D eigenvalue weighted by molar-refractivity contribution is -0.384. The monoisotopic (exact) mass is 464 g/mol. The number of carboxylic acids is 1. The fourth-order valence-electron chi connectivity index (χ4n) is 2.61. The van der Waals surface area contributed by atoms with E-state index in [1.807, 2.05) is 0 Å². The van der Waals surface area contributed by atoms with Crippen molar-refractivity contribution in [2.45, 2.75) is 13.0 Å². The predicted molar refractivity (Wildman–Crippen MR) is 112 cm³/mol. The molecule has 1 aromatic heterocycles. The average molecular weight is 465 g/mol. The molecule has 10 nitrogen and oxygen atoms in total. The van der Waals surface area contributed by atoms with Crippen LogP contribution in [0.2, 0.25) is 10.0 Å². The van der Waals surface area contributed by atoms with Gasteiger partial charge >= 0.3 is 5.97 Å². The maximum atomic E-state index is 12.7. The molecule has 0 fully saturated rings. The van der Waals surface area contributed by atoms with Crippen LogP contribution in [-0.4, -0.2) is 31.7 Å². The molecule has 2 aromatic carbocycles. The van der Waals surface area contributed by atoms with Crippen molar-refractivity contribution in [3.05, 3.63) is 74.5 Å². The number of nitro groups is 1. The van der Waals surface area contributed by atoms with E-state index in [-0.39, 0.29) is 33.6 Å². The van der Waals surface area contributed by atoms with E-state index in [2.05, 4.69) is 10.4 Å². The number of aliphatic carboxylic acids is 1. The molecule has 0 aliphatic carbocycles. The molecule has 1 atom stereocenters. The van der Waals surface area contributed by atoms with Gasteiger partial charge in [-0.1, -0.05) is 23.2 Å². The summed E-state index contributed by atoms with van der Waals surface area (Å²) in [6, 6.07) is 8.37. The number of nitrogens with one attached hydrogen (secondary N) is 1. The highest BCUT2D eigenvalue weighted by molar-refractivity contribution is 6.35. The van der Waals surface area contributed by atoms with Crippen molar-refractivity contribution in [1.82, 2.24) is 9.78 Å². The van der Waals surface area contributed by atoms with Crippen LogP contribution in [0.1, 0.15) is 23.5 Å². The van der Waals surface area contributed by atoms with Gasteiger partial charge in [-0.3, -0.25) is 14.9 Å². The van der Waals surface area contributed by atoms with Gasteiger partial charge in [0.1, 0.15) is 23.2 Å². The molecule has 3 aromatic rings. The molecule has 160 valence electrons. The first kappa shape index (κ1) is 22.1. The molecule has 1 amide bonds. The minimum atomic E-state index is -1.18. The van der Waals surface area contributed by atoms with Gasteiger partial charge < -0.3 is 15.2 Å². The minimum absolute atomic E-state index is 0.0374. The first-order valence-corrected chi connectivity index (χ1v) is 9.41. The van der Waals surface area contributed by atoms with E-state index < -0.39 is 22.8 Å². The first-order valence-electron chi connectivity index (χ1n) is 8.65. The molecule has 0 bridgehead atoms. The SMILES string of the molecule is CC(C(=O)O)n1nccc1C(=O)Nc1cc(Oc2ccc(Cl)cc2Cl)cc([N+](=O)[O-])c1. The van der Waals surface area contributed by atoms with Crippen LogP contribution >= 0.6 is 23.2 Å². The quantitative estimate of drug-likeness (QED) is 0.378. The average Bonchev–Trinajstić information content (AvgIpc) is 3.19. The Morgan fingerprint density at radius 1 is 1.23 bits per heavy atom. The summed E-state index contributed by atoms with van der Waals surface area (Å²) < 4.78 is 6.65. The number of amides is 1. The van der Waals surface area contributed by atoms with Crippen LogP contribution in [-0.2, 0) is 4.79 Å². The third-order valence-electron chi connectivity index (χ3n) is 4.11. The van der Waals surface area contributed by atoms with Gasteiger partial charge in [-0.15, -0.1) is 0 Å². The number of carboxylic acid groups (broad SMARTS) is 1. The third kappa shape index (κ3) is 5.11. The molecule has 0 aliphatic heterocycles. The molecular weight excluding hydrogens is 451 g/mol. The molecule has 0 saturated heterocycles. The molecule has 3 rings (SSSR count). The van der Waals surface area contributed by atoms with Gasteiger partial charge in [-0.25, -0.2) is 9.48 Å². The fraction of sp³-hybridized carbons (Fsp3) is 0.105. The molecule has 31 heavy (non-hydrogen) atoms. The lowest BCUT2D eigenvalue weighted by Crippen LogP contribution is -2.24. The summed E-state index contributed by atoms with van der Waals surface area (Å²) in [5, 5.41) is 27.4. The predicted octanol–water partition coefficient (Wildman–Crippen LogP) is 4.79. The first-order chi connectivity index (χ1) is 14.7. The van der Waals surface area contributed by atoms with Crippen molar-refractivity contribution in [3.8, 4) is 11.5 Å². The topological polar surface area (TPSA) is 137 Å². The van der Waals surface area contributed by atoms with Crippen molar-refractivity contribution in [3.63, 3.8) is 0 Å². The number of rotatable bonds is 7. The Bertz CT molecular complexity index is 1180. The molecular formula is C19H14Cl2N4O6. The number of anilines is 1. The molecule has 12 heteroatoms. The van der Waals surface area contributed by atoms with E-state index in [0.717, 1.165) is 16.8 Å². The Hall–Kier alpha value is -3.63. The lowest BCUT2D eigenvalue weighted by atomic mass is 10.2. The Morgan fingerprint density at radius 2 is 1.97 bits per heavy atom. The number of benzene rings is 2. The molecule has 0 aliphatic rings. The number of carbonyl (C=O) groups is 2. The molecule has 0 saturated carbocycles. The van der Waals surface area contributed by atoms with Crippen LogP contribution in [0.15, 0.2) is 48.7 Å². The highest BCUT2D eigenvalue weighted by atomic mass is 35.5. The summed E-state index contributed by atoms with van der Waals surface area (Å²) in [6.45, 7) is 1.36. The largest absolute Gasteiger partial charge is 0.480 e. The Kier molecular flexibility index (Phi) is 6.42. The Balaban J connectivity index is 1.91. The van der Waals surface area contributed by atoms with E-state index in [4.69, 9.17) is 33.0 Å². The van der Waals surface area contributed by atoms with Crippen molar-refractivity contribution in [1.29, 1.82) is 0 Å². The zero-order chi connectivity index (χ0) is 22.7. The molecule has 0 spiro atoms. The van der Waals surface area contributed by atoms with Gasteiger partial charge in [-0.2, -0.15) is 5.10 Å². The van der Waals surface area contributed by atoms with Gasteiger partial charge in [0.05, 0.1) is 21.7 Å². The van der Waals surface area contributed by atoms with Crippen LogP contribution in [0.3, 0.4) is 0 Å². The second-order valence-electron chi connectivity index (χ2n) is 6.28. The van der Waals surface area contributed by atoms with E-state index in [1.165, 1.54) is 43.5 Å². The van der Waals surface area contributed by atoms with Gasteiger partial charge in [0, 0.05) is 23.4 Å². The van der Waals surface area contributed by atoms with E-state index in [1.54, 1.807) is 0 Å². The highest BCUT2D eigenvalue weighted by Gasteiger charge is 2.22. The molecule has 1 unspecified atom stereocenters. The molecule has 0 radical (unpaired) electrons. The zero-order valence-electron chi connectivity index (χ0n) is 15.8. The van der Waals surface area contributed by atoms with E-state index in [9.17, 15) is 19.7 Å². The number of nitrogens with zero attached hydrogens (tertiary/aromatic N) is 3. The second-order valence-corrected chi connectivity index (χ2v) is 7.12. The number of ether oxygens (including phenoxy) is 1. The maximum absolute atomic E-state index is 12.7. The summed E-state index contributed by atoms with van der Waals surface area (Å²) in [4.78, 5) is 34.5. The summed E-state index contributed by atoms with van der Waals surface area (Å²) in [5.41, 5.74) is -0.329. The number of hydrogen-bond acceptors (Lipinski definition) is 6. The van der Waals surface area contributed by atoms with Gasteiger partial charge in [0.2, 0.25) is 0 Å². The minimum Gasteiger partial charge on any atom is -0.480 e. The zero-order valence-corrected chi connectivity index (χ0v) is 17.3. The van der Waals surface area contributed by atoms with Crippen LogP contribution in [0.4, 0.5) is 11.4 Å². The van der Waals surface area contributed by atoms with Gasteiger partial charge in [-0.05, 0) is 31.2 Å². The number of carbonyl (C=O) groups excluding carboxylic acids is 1. The summed E-state index contributed by atoms with van der Waals surface area (Å²) >= 11 is 11.9. The number of nitro benzene ring substituents is 1. The Labute approximate surface area is 185 Å². The Morgan fingerprint density at radius 3 is 2.61 bits per heavy atom. The van der Waals surface area contributed by atoms with Crippen LogP contribution in [0.25, 0.3) is 0 Å². The summed E-state index contributed by atoms with van der Waals surface area (Å²) in [6.07, 6.45) is 1.28. The number of halogens is 2. The van der Waals surface area contributed by atoms with Crippen LogP contribution in [0, 0.1) is 10.1 Å². The van der Waals surface area contributed by atoms with Crippen molar-refractivity contribution < 1.29 is 24.4 Å². The van der Waals surface area contributed by atoms with Crippen molar-refractivity contribution in [2.24, 2.45) is 0 Å². The summed E-state index contributed by atoms with van der Waals surface area (Å²) in [5.74, 6) is -1.64. The normalized spacial score (nSPS) is 11.6. The molecule has 2 N–H and O–H groups in total. The standard InChI is InChI=1S/C19H14Cl2N4O6/c1-10(19(27)28)24-16(4-5-22-24)18(26)23-12-7-13(25(29)30)9-14(8-12)31-17-3-2-11(20)6-15(17)21/h2-10H,1H3,(H,23,26)(H,27,28). The van der Waals surface area contributed by atoms with E-state index in [0.29, 0.717) is 5.02 Å². The van der Waals surface area contributed by atoms with E-state index >= 15 is 0 Å². The van der Waals surface area contributed by atoms with Crippen molar-refractivity contribution in [2.75, 3.05) is 5.32 Å². The third-order valence-corrected chi connectivity index (χ3v) is 4.64. The van der Waals surface area contributed by atoms with Crippen molar-refractivity contribution >= 4 is 46.5 Å². The number of hydrogen-bond donors (Lipinski definition) is 2. The highest BCUT2D eigenvalue weighted by Crippen LogP contribution is 2.34. The van der Waals surface area contributed by atoms with Crippen LogP contribution < -0.4 is 10.1 Å². The fourth-order valence-corrected chi connectivity index (χ4v) is 3.05. The smallest absolute Gasteiger partial charge is 0.328 e. The van der Waals surface area contributed by atoms with Crippen LogP contribution in [0.5, 0.6) is 11.5 Å². The van der Waals surface area contributed by atoms with Gasteiger partial charge in [0.15, 0.2) is 0 Å². The number of aromatic nitrogens is 2.